The van der Waals surface area contributed by atoms with E-state index in [-0.39, 0.29) is 24.4 Å². The number of nitrogens with one attached hydrogen (secondary N) is 1. The topological polar surface area (TPSA) is 71.6 Å². The lowest BCUT2D eigenvalue weighted by Gasteiger charge is -2.24. The fraction of sp³-hybridized carbons (Fsp3) is 0.625. The fourth-order valence-corrected chi connectivity index (χ4v) is 2.36. The zero-order valence-corrected chi connectivity index (χ0v) is 13.4. The molecule has 1 N–H and O–H groups in total. The number of carbonyl (C=O) groups is 2. The van der Waals surface area contributed by atoms with Crippen molar-refractivity contribution in [3.05, 3.63) is 24.0 Å². The maximum absolute atomic E-state index is 11.9. The Morgan fingerprint density at radius 3 is 2.82 bits per heavy atom. The maximum Gasteiger partial charge on any atom is 0.410 e. The van der Waals surface area contributed by atoms with Crippen molar-refractivity contribution in [1.82, 2.24) is 9.88 Å². The van der Waals surface area contributed by atoms with E-state index in [2.05, 4.69) is 4.98 Å². The van der Waals surface area contributed by atoms with Gasteiger partial charge in [-0.25, -0.2) is 4.79 Å². The van der Waals surface area contributed by atoms with Crippen LogP contribution in [-0.4, -0.2) is 53.7 Å². The average Bonchev–Trinajstić information content (AvgIpc) is 3.08. The van der Waals surface area contributed by atoms with Crippen molar-refractivity contribution in [3.63, 3.8) is 0 Å². The summed E-state index contributed by atoms with van der Waals surface area (Å²) in [5, 5.41) is 0. The summed E-state index contributed by atoms with van der Waals surface area (Å²) in [6, 6.07) is 3.51. The molecule has 6 heteroatoms. The van der Waals surface area contributed by atoms with E-state index in [1.54, 1.807) is 23.2 Å². The lowest BCUT2D eigenvalue weighted by atomic mass is 10.1. The van der Waals surface area contributed by atoms with Gasteiger partial charge < -0.3 is 19.4 Å². The summed E-state index contributed by atoms with van der Waals surface area (Å²) in [6.45, 7) is 7.39. The number of amides is 1. The monoisotopic (exact) mass is 308 g/mol. The molecule has 1 aliphatic heterocycles. The Morgan fingerprint density at radius 1 is 1.41 bits per heavy atom. The molecule has 0 spiro atoms. The number of aromatic amines is 1. The van der Waals surface area contributed by atoms with Crippen LogP contribution in [0.5, 0.6) is 0 Å². The molecule has 0 bridgehead atoms. The van der Waals surface area contributed by atoms with E-state index in [9.17, 15) is 9.59 Å². The first kappa shape index (κ1) is 16.5. The van der Waals surface area contributed by atoms with Crippen molar-refractivity contribution in [2.45, 2.75) is 32.8 Å². The number of aromatic nitrogens is 1. The Labute approximate surface area is 130 Å². The van der Waals surface area contributed by atoms with E-state index in [0.29, 0.717) is 25.4 Å². The number of H-pyrrole nitrogens is 1. The molecule has 2 rings (SSSR count). The number of ketones is 1. The lowest BCUT2D eigenvalue weighted by Crippen LogP contribution is -2.35. The van der Waals surface area contributed by atoms with E-state index >= 15 is 0 Å². The third-order valence-corrected chi connectivity index (χ3v) is 3.42. The Hall–Kier alpha value is -1.82. The molecule has 0 aliphatic carbocycles. The summed E-state index contributed by atoms with van der Waals surface area (Å²) in [5.41, 5.74) is 0.0792. The van der Waals surface area contributed by atoms with Crippen LogP contribution in [0, 0.1) is 5.92 Å². The van der Waals surface area contributed by atoms with Crippen molar-refractivity contribution in [2.75, 3.05) is 26.3 Å². The number of rotatable bonds is 5. The van der Waals surface area contributed by atoms with Gasteiger partial charge in [-0.1, -0.05) is 0 Å². The van der Waals surface area contributed by atoms with Gasteiger partial charge in [0.05, 0.1) is 12.3 Å². The van der Waals surface area contributed by atoms with Gasteiger partial charge in [-0.15, -0.1) is 0 Å². The zero-order valence-electron chi connectivity index (χ0n) is 13.4. The van der Waals surface area contributed by atoms with Crippen LogP contribution in [0.15, 0.2) is 18.3 Å². The van der Waals surface area contributed by atoms with Gasteiger partial charge in [0.2, 0.25) is 5.78 Å². The van der Waals surface area contributed by atoms with Crippen LogP contribution >= 0.6 is 0 Å². The minimum atomic E-state index is -0.478. The van der Waals surface area contributed by atoms with Crippen molar-refractivity contribution in [1.29, 1.82) is 0 Å². The van der Waals surface area contributed by atoms with Crippen LogP contribution < -0.4 is 0 Å². The number of Topliss-reactive ketones (excluding diaryl/α,β-unsaturated/α-hetero) is 1. The van der Waals surface area contributed by atoms with E-state index in [4.69, 9.17) is 9.47 Å². The second-order valence-electron chi connectivity index (χ2n) is 6.60. The second-order valence-corrected chi connectivity index (χ2v) is 6.60. The predicted octanol–water partition coefficient (Wildman–Crippen LogP) is 2.47. The summed E-state index contributed by atoms with van der Waals surface area (Å²) >= 11 is 0. The highest BCUT2D eigenvalue weighted by atomic mass is 16.6. The van der Waals surface area contributed by atoms with Crippen molar-refractivity contribution in [3.8, 4) is 0 Å². The molecule has 6 nitrogen and oxygen atoms in total. The van der Waals surface area contributed by atoms with E-state index < -0.39 is 5.60 Å². The molecule has 2 heterocycles. The first-order valence-corrected chi connectivity index (χ1v) is 7.57. The standard InChI is InChI=1S/C16H24N2O4/c1-16(2,3)22-15(20)18-8-6-12(9-18)10-21-11-14(19)13-5-4-7-17-13/h4-5,7,12,17H,6,8-11H2,1-3H3/t12-/m0/s1. The quantitative estimate of drug-likeness (QED) is 0.848. The van der Waals surface area contributed by atoms with E-state index in [0.717, 1.165) is 6.42 Å². The molecule has 1 atom stereocenters. The van der Waals surface area contributed by atoms with E-state index in [1.165, 1.54) is 0 Å². The number of nitrogens with zero attached hydrogens (tertiary/aromatic N) is 1. The van der Waals surface area contributed by atoms with Gasteiger partial charge in [-0.05, 0) is 39.3 Å². The SMILES string of the molecule is CC(C)(C)OC(=O)N1CC[C@H](COCC(=O)c2ccc[nH]2)C1. The van der Waals surface area contributed by atoms with Crippen LogP contribution in [0.3, 0.4) is 0 Å². The Bertz CT molecular complexity index is 505. The van der Waals surface area contributed by atoms with Crippen molar-refractivity contribution in [2.24, 2.45) is 5.92 Å². The number of hydrogen-bond acceptors (Lipinski definition) is 4. The van der Waals surface area contributed by atoms with Gasteiger partial charge in [0.1, 0.15) is 12.2 Å². The molecule has 1 aromatic heterocycles. The third-order valence-electron chi connectivity index (χ3n) is 3.42. The molecular weight excluding hydrogens is 284 g/mol. The molecule has 1 aliphatic rings. The van der Waals surface area contributed by atoms with Crippen molar-refractivity contribution >= 4 is 11.9 Å². The first-order chi connectivity index (χ1) is 10.3. The molecular formula is C16H24N2O4. The van der Waals surface area contributed by atoms with Gasteiger partial charge >= 0.3 is 6.09 Å². The van der Waals surface area contributed by atoms with Gasteiger partial charge in [0.25, 0.3) is 0 Å². The molecule has 1 fully saturated rings. The lowest BCUT2D eigenvalue weighted by molar-refractivity contribution is 0.0273. The fourth-order valence-electron chi connectivity index (χ4n) is 2.36. The molecule has 0 saturated carbocycles. The molecule has 122 valence electrons. The molecule has 22 heavy (non-hydrogen) atoms. The predicted molar refractivity (Wildman–Crippen MR) is 81.9 cm³/mol. The summed E-state index contributed by atoms with van der Waals surface area (Å²) in [4.78, 5) is 28.3. The molecule has 1 saturated heterocycles. The molecule has 0 radical (unpaired) electrons. The van der Waals surface area contributed by atoms with Crippen LogP contribution in [0.2, 0.25) is 0 Å². The smallest absolute Gasteiger partial charge is 0.410 e. The number of hydrogen-bond donors (Lipinski definition) is 1. The normalized spacial score (nSPS) is 18.5. The van der Waals surface area contributed by atoms with Gasteiger partial charge in [-0.3, -0.25) is 4.79 Å². The first-order valence-electron chi connectivity index (χ1n) is 7.57. The Balaban J connectivity index is 1.68. The molecule has 1 amide bonds. The largest absolute Gasteiger partial charge is 0.444 e. The summed E-state index contributed by atoms with van der Waals surface area (Å²) in [5.74, 6) is 0.191. The number of ether oxygens (including phenoxy) is 2. The van der Waals surface area contributed by atoms with Gasteiger partial charge in [-0.2, -0.15) is 0 Å². The van der Waals surface area contributed by atoms with Crippen molar-refractivity contribution < 1.29 is 19.1 Å². The van der Waals surface area contributed by atoms with Crippen LogP contribution in [0.25, 0.3) is 0 Å². The van der Waals surface area contributed by atoms with Gasteiger partial charge in [0.15, 0.2) is 0 Å². The second kappa shape index (κ2) is 6.96. The Kier molecular flexibility index (Phi) is 5.24. The van der Waals surface area contributed by atoms with E-state index in [1.807, 2.05) is 20.8 Å². The minimum Gasteiger partial charge on any atom is -0.444 e. The average molecular weight is 308 g/mol. The number of carbonyl (C=O) groups excluding carboxylic acids is 2. The Morgan fingerprint density at radius 2 is 2.18 bits per heavy atom. The highest BCUT2D eigenvalue weighted by molar-refractivity contribution is 5.95. The van der Waals surface area contributed by atoms with Crippen LogP contribution in [0.4, 0.5) is 4.79 Å². The number of likely N-dealkylation sites (tertiary alicyclic amines) is 1. The highest BCUT2D eigenvalue weighted by Crippen LogP contribution is 2.19. The summed E-state index contributed by atoms with van der Waals surface area (Å²) in [7, 11) is 0. The van der Waals surface area contributed by atoms with Crippen LogP contribution in [0.1, 0.15) is 37.7 Å². The zero-order chi connectivity index (χ0) is 16.2. The summed E-state index contributed by atoms with van der Waals surface area (Å²) in [6.07, 6.45) is 2.30. The molecule has 0 aromatic carbocycles. The van der Waals surface area contributed by atoms with Gasteiger partial charge in [0, 0.05) is 25.2 Å². The third kappa shape index (κ3) is 4.87. The summed E-state index contributed by atoms with van der Waals surface area (Å²) < 4.78 is 10.8. The molecule has 1 aromatic rings. The maximum atomic E-state index is 11.9. The highest BCUT2D eigenvalue weighted by Gasteiger charge is 2.29. The minimum absolute atomic E-state index is 0.0590. The van der Waals surface area contributed by atoms with Crippen LogP contribution in [-0.2, 0) is 9.47 Å². The molecule has 0 unspecified atom stereocenters.